The van der Waals surface area contributed by atoms with Crippen LogP contribution >= 0.6 is 11.3 Å². The largest absolute Gasteiger partial charge is 0.317 e. The predicted octanol–water partition coefficient (Wildman–Crippen LogP) is 2.07. The van der Waals surface area contributed by atoms with E-state index < -0.39 is 10.0 Å². The van der Waals surface area contributed by atoms with Crippen molar-refractivity contribution in [2.75, 3.05) is 19.6 Å². The van der Waals surface area contributed by atoms with Crippen LogP contribution in [-0.4, -0.2) is 38.4 Å². The standard InChI is InChI=1S/C13H22N2O2S2/c1-3-12-5-6-13(18-12)19(16,17)15(4-2)11-7-9-14-10-8-11/h5-6,11,14H,3-4,7-10H2,1-2H3. The zero-order valence-electron chi connectivity index (χ0n) is 11.6. The lowest BCUT2D eigenvalue weighted by molar-refractivity contribution is 0.271. The number of sulfonamides is 1. The van der Waals surface area contributed by atoms with Crippen molar-refractivity contribution in [2.24, 2.45) is 0 Å². The molecule has 1 fully saturated rings. The molecule has 108 valence electrons. The van der Waals surface area contributed by atoms with Gasteiger partial charge in [0.25, 0.3) is 10.0 Å². The summed E-state index contributed by atoms with van der Waals surface area (Å²) >= 11 is 1.40. The molecule has 2 heterocycles. The van der Waals surface area contributed by atoms with Gasteiger partial charge in [-0.3, -0.25) is 0 Å². The lowest BCUT2D eigenvalue weighted by Crippen LogP contribution is -2.45. The molecule has 1 aromatic heterocycles. The molecule has 1 aliphatic rings. The van der Waals surface area contributed by atoms with Gasteiger partial charge in [-0.1, -0.05) is 13.8 Å². The van der Waals surface area contributed by atoms with Crippen LogP contribution in [-0.2, 0) is 16.4 Å². The summed E-state index contributed by atoms with van der Waals surface area (Å²) in [7, 11) is -3.32. The Morgan fingerprint density at radius 3 is 2.53 bits per heavy atom. The Balaban J connectivity index is 2.24. The number of hydrogen-bond donors (Lipinski definition) is 1. The van der Waals surface area contributed by atoms with Crippen LogP contribution in [0.4, 0.5) is 0 Å². The fourth-order valence-corrected chi connectivity index (χ4v) is 5.64. The first-order valence-electron chi connectivity index (χ1n) is 6.90. The fraction of sp³-hybridized carbons (Fsp3) is 0.692. The lowest BCUT2D eigenvalue weighted by atomic mass is 10.1. The number of nitrogens with one attached hydrogen (secondary N) is 1. The van der Waals surface area contributed by atoms with Gasteiger partial charge in [-0.15, -0.1) is 11.3 Å². The second kappa shape index (κ2) is 6.35. The minimum Gasteiger partial charge on any atom is -0.317 e. The molecule has 0 aromatic carbocycles. The normalized spacial score (nSPS) is 18.1. The lowest BCUT2D eigenvalue weighted by Gasteiger charge is -2.32. The Hall–Kier alpha value is -0.430. The van der Waals surface area contributed by atoms with Gasteiger partial charge in [0.15, 0.2) is 0 Å². The zero-order chi connectivity index (χ0) is 13.9. The maximum Gasteiger partial charge on any atom is 0.252 e. The van der Waals surface area contributed by atoms with Gasteiger partial charge in [0.1, 0.15) is 4.21 Å². The molecule has 2 rings (SSSR count). The van der Waals surface area contributed by atoms with Crippen molar-refractivity contribution in [3.05, 3.63) is 17.0 Å². The molecule has 0 atom stereocenters. The van der Waals surface area contributed by atoms with Gasteiger partial charge < -0.3 is 5.32 Å². The van der Waals surface area contributed by atoms with Gasteiger partial charge >= 0.3 is 0 Å². The van der Waals surface area contributed by atoms with Crippen molar-refractivity contribution in [1.29, 1.82) is 0 Å². The van der Waals surface area contributed by atoms with Crippen molar-refractivity contribution < 1.29 is 8.42 Å². The summed E-state index contributed by atoms with van der Waals surface area (Å²) in [4.78, 5) is 1.12. The minimum atomic E-state index is -3.32. The Morgan fingerprint density at radius 1 is 1.32 bits per heavy atom. The highest BCUT2D eigenvalue weighted by Gasteiger charge is 2.31. The third-order valence-corrected chi connectivity index (χ3v) is 7.30. The van der Waals surface area contributed by atoms with Crippen molar-refractivity contribution in [3.8, 4) is 0 Å². The average molecular weight is 302 g/mol. The summed E-state index contributed by atoms with van der Waals surface area (Å²) < 4.78 is 27.6. The molecular formula is C13H22N2O2S2. The number of aryl methyl sites for hydroxylation is 1. The van der Waals surface area contributed by atoms with Crippen LogP contribution in [0.3, 0.4) is 0 Å². The zero-order valence-corrected chi connectivity index (χ0v) is 13.2. The molecule has 0 bridgehead atoms. The molecule has 19 heavy (non-hydrogen) atoms. The van der Waals surface area contributed by atoms with Crippen molar-refractivity contribution in [1.82, 2.24) is 9.62 Å². The fourth-order valence-electron chi connectivity index (χ4n) is 2.52. The van der Waals surface area contributed by atoms with Gasteiger partial charge in [0, 0.05) is 17.5 Å². The molecule has 0 aliphatic carbocycles. The highest BCUT2D eigenvalue weighted by Crippen LogP contribution is 2.28. The number of rotatable bonds is 5. The third kappa shape index (κ3) is 3.18. The number of hydrogen-bond acceptors (Lipinski definition) is 4. The maximum absolute atomic E-state index is 12.7. The molecule has 0 saturated carbocycles. The Morgan fingerprint density at radius 2 is 2.00 bits per heavy atom. The van der Waals surface area contributed by atoms with Gasteiger partial charge in [0.2, 0.25) is 0 Å². The first-order valence-corrected chi connectivity index (χ1v) is 9.16. The summed E-state index contributed by atoms with van der Waals surface area (Å²) in [6, 6.07) is 3.82. The van der Waals surface area contributed by atoms with E-state index in [1.807, 2.05) is 19.9 Å². The van der Waals surface area contributed by atoms with E-state index in [2.05, 4.69) is 5.32 Å². The molecule has 1 aromatic rings. The van der Waals surface area contributed by atoms with E-state index in [4.69, 9.17) is 0 Å². The quantitative estimate of drug-likeness (QED) is 0.906. The Kier molecular flexibility index (Phi) is 5.00. The summed E-state index contributed by atoms with van der Waals surface area (Å²) in [6.45, 7) is 6.33. The second-order valence-electron chi connectivity index (χ2n) is 4.76. The summed E-state index contributed by atoms with van der Waals surface area (Å²) in [5.74, 6) is 0. The first-order chi connectivity index (χ1) is 9.09. The third-order valence-electron chi connectivity index (χ3n) is 3.58. The first kappa shape index (κ1) is 15.0. The topological polar surface area (TPSA) is 49.4 Å². The Labute approximate surface area is 119 Å². The maximum atomic E-state index is 12.7. The van der Waals surface area contributed by atoms with E-state index in [0.717, 1.165) is 37.2 Å². The van der Waals surface area contributed by atoms with Crippen LogP contribution in [0.1, 0.15) is 31.6 Å². The molecule has 4 nitrogen and oxygen atoms in total. The molecular weight excluding hydrogens is 280 g/mol. The predicted molar refractivity (Wildman–Crippen MR) is 79.2 cm³/mol. The molecule has 0 radical (unpaired) electrons. The molecule has 0 spiro atoms. The van der Waals surface area contributed by atoms with Crippen LogP contribution < -0.4 is 5.32 Å². The molecule has 6 heteroatoms. The SMILES string of the molecule is CCc1ccc(S(=O)(=O)N(CC)C2CCNCC2)s1. The Bertz CT molecular complexity index is 504. The summed E-state index contributed by atoms with van der Waals surface area (Å²) in [5, 5.41) is 3.28. The van der Waals surface area contributed by atoms with E-state index in [9.17, 15) is 8.42 Å². The van der Waals surface area contributed by atoms with Gasteiger partial charge in [-0.2, -0.15) is 4.31 Å². The smallest absolute Gasteiger partial charge is 0.252 e. The van der Waals surface area contributed by atoms with Gasteiger partial charge in [-0.25, -0.2) is 8.42 Å². The monoisotopic (exact) mass is 302 g/mol. The molecule has 1 saturated heterocycles. The van der Waals surface area contributed by atoms with Crippen LogP contribution in [0.5, 0.6) is 0 Å². The van der Waals surface area contributed by atoms with Crippen molar-refractivity contribution in [3.63, 3.8) is 0 Å². The van der Waals surface area contributed by atoms with E-state index >= 15 is 0 Å². The van der Waals surface area contributed by atoms with Crippen LogP contribution in [0, 0.1) is 0 Å². The average Bonchev–Trinajstić information content (AvgIpc) is 2.90. The van der Waals surface area contributed by atoms with Crippen LogP contribution in [0.15, 0.2) is 16.3 Å². The minimum absolute atomic E-state index is 0.142. The molecule has 0 amide bonds. The molecule has 0 unspecified atom stereocenters. The molecule has 1 N–H and O–H groups in total. The van der Waals surface area contributed by atoms with E-state index in [1.54, 1.807) is 10.4 Å². The number of nitrogens with zero attached hydrogens (tertiary/aromatic N) is 1. The highest BCUT2D eigenvalue weighted by atomic mass is 32.2. The van der Waals surface area contributed by atoms with Gasteiger partial charge in [0.05, 0.1) is 0 Å². The van der Waals surface area contributed by atoms with Gasteiger partial charge in [-0.05, 0) is 44.5 Å². The summed E-state index contributed by atoms with van der Waals surface area (Å²) in [5.41, 5.74) is 0. The highest BCUT2D eigenvalue weighted by molar-refractivity contribution is 7.91. The molecule has 1 aliphatic heterocycles. The number of piperidine rings is 1. The van der Waals surface area contributed by atoms with E-state index in [-0.39, 0.29) is 6.04 Å². The van der Waals surface area contributed by atoms with Crippen molar-refractivity contribution >= 4 is 21.4 Å². The van der Waals surface area contributed by atoms with E-state index in [1.165, 1.54) is 11.3 Å². The van der Waals surface area contributed by atoms with Crippen molar-refractivity contribution in [2.45, 2.75) is 43.4 Å². The van der Waals surface area contributed by atoms with Crippen LogP contribution in [0.2, 0.25) is 0 Å². The summed E-state index contributed by atoms with van der Waals surface area (Å²) in [6.07, 6.45) is 2.69. The number of thiophene rings is 1. The second-order valence-corrected chi connectivity index (χ2v) is 8.05. The van der Waals surface area contributed by atoms with E-state index in [0.29, 0.717) is 10.8 Å². The van der Waals surface area contributed by atoms with Crippen LogP contribution in [0.25, 0.3) is 0 Å².